The Hall–Kier alpha value is -4.54. The lowest BCUT2D eigenvalue weighted by atomic mass is 10.1. The summed E-state index contributed by atoms with van der Waals surface area (Å²) in [6.45, 7) is 9.10. The first-order chi connectivity index (χ1) is 20.7. The Morgan fingerprint density at radius 3 is 2.42 bits per heavy atom. The molecule has 3 aromatic carbocycles. The molecule has 10 nitrogen and oxygen atoms in total. The van der Waals surface area contributed by atoms with E-state index in [1.54, 1.807) is 49.7 Å². The summed E-state index contributed by atoms with van der Waals surface area (Å²) in [5.74, 6) is 2.47. The number of hydrogen-bond acceptors (Lipinski definition) is 9. The van der Waals surface area contributed by atoms with Crippen molar-refractivity contribution < 1.29 is 23.7 Å². The number of rotatable bonds is 12. The molecule has 4 aromatic rings. The number of amides is 1. The topological polar surface area (TPSA) is 107 Å². The van der Waals surface area contributed by atoms with E-state index in [4.69, 9.17) is 30.5 Å². The summed E-state index contributed by atoms with van der Waals surface area (Å²) < 4.78 is 22.7. The first-order valence-corrected chi connectivity index (χ1v) is 14.1. The van der Waals surface area contributed by atoms with Gasteiger partial charge in [0.25, 0.3) is 0 Å². The zero-order chi connectivity index (χ0) is 30.9. The van der Waals surface area contributed by atoms with Gasteiger partial charge in [-0.25, -0.2) is 14.7 Å². The molecule has 2 N–H and O–H groups in total. The number of halogens is 1. The zero-order valence-electron chi connectivity index (χ0n) is 25.1. The third-order valence-electron chi connectivity index (χ3n) is 6.38. The number of hydrogen-bond donors (Lipinski definition) is 2. The van der Waals surface area contributed by atoms with Crippen molar-refractivity contribution >= 4 is 40.8 Å². The molecule has 11 heteroatoms. The van der Waals surface area contributed by atoms with E-state index in [1.807, 2.05) is 38.1 Å². The molecule has 0 saturated carbocycles. The van der Waals surface area contributed by atoms with Crippen LogP contribution >= 0.6 is 11.6 Å². The van der Waals surface area contributed by atoms with Crippen molar-refractivity contribution in [1.82, 2.24) is 15.3 Å². The Balaban J connectivity index is 1.64. The molecule has 0 aliphatic carbocycles. The number of ether oxygens (including phenoxy) is 4. The van der Waals surface area contributed by atoms with Crippen molar-refractivity contribution in [2.45, 2.75) is 33.7 Å². The minimum Gasteiger partial charge on any atom is -0.497 e. The fraction of sp³-hybridized carbons (Fsp3) is 0.281. The van der Waals surface area contributed by atoms with Gasteiger partial charge in [0.15, 0.2) is 0 Å². The quantitative estimate of drug-likeness (QED) is 0.162. The smallest absolute Gasteiger partial charge is 0.425 e. The van der Waals surface area contributed by atoms with Gasteiger partial charge in [0.1, 0.15) is 35.4 Å². The van der Waals surface area contributed by atoms with Crippen LogP contribution in [-0.4, -0.2) is 49.5 Å². The molecule has 1 heterocycles. The second kappa shape index (κ2) is 14.6. The van der Waals surface area contributed by atoms with E-state index in [2.05, 4.69) is 34.4 Å². The SMILES string of the molecule is COc1ccc(N(C(=O)Oc2c(C)cccc2C)c2ccnc(Nc3ccc(OCCNC(C)C)c(Cl)c3)n2)c(OC)c1. The van der Waals surface area contributed by atoms with Crippen molar-refractivity contribution in [2.75, 3.05) is 37.6 Å². The van der Waals surface area contributed by atoms with E-state index in [9.17, 15) is 4.79 Å². The number of anilines is 4. The highest BCUT2D eigenvalue weighted by Crippen LogP contribution is 2.37. The Labute approximate surface area is 256 Å². The van der Waals surface area contributed by atoms with Crippen molar-refractivity contribution in [2.24, 2.45) is 0 Å². The van der Waals surface area contributed by atoms with E-state index in [1.165, 1.54) is 12.0 Å². The minimum absolute atomic E-state index is 0.237. The number of benzene rings is 3. The first kappa shape index (κ1) is 31.4. The van der Waals surface area contributed by atoms with Gasteiger partial charge in [0.05, 0.1) is 24.9 Å². The molecule has 226 valence electrons. The summed E-state index contributed by atoms with van der Waals surface area (Å²) in [4.78, 5) is 24.1. The second-order valence-corrected chi connectivity index (χ2v) is 10.3. The number of nitrogens with one attached hydrogen (secondary N) is 2. The molecule has 0 unspecified atom stereocenters. The summed E-state index contributed by atoms with van der Waals surface area (Å²) >= 11 is 6.48. The van der Waals surface area contributed by atoms with Crippen LogP contribution in [0, 0.1) is 13.8 Å². The zero-order valence-corrected chi connectivity index (χ0v) is 25.9. The minimum atomic E-state index is -0.679. The normalized spacial score (nSPS) is 10.8. The van der Waals surface area contributed by atoms with E-state index in [0.29, 0.717) is 58.6 Å². The summed E-state index contributed by atoms with van der Waals surface area (Å²) in [7, 11) is 3.07. The maximum Gasteiger partial charge on any atom is 0.425 e. The molecule has 1 aromatic heterocycles. The van der Waals surface area contributed by atoms with Crippen LogP contribution in [0.4, 0.5) is 27.9 Å². The van der Waals surface area contributed by atoms with Crippen molar-refractivity contribution in [3.63, 3.8) is 0 Å². The third kappa shape index (κ3) is 8.06. The van der Waals surface area contributed by atoms with Gasteiger partial charge in [-0.05, 0) is 55.3 Å². The van der Waals surface area contributed by atoms with Crippen LogP contribution in [0.5, 0.6) is 23.0 Å². The van der Waals surface area contributed by atoms with Gasteiger partial charge in [-0.1, -0.05) is 43.6 Å². The predicted octanol–water partition coefficient (Wildman–Crippen LogP) is 7.22. The molecule has 1 amide bonds. The molecule has 0 radical (unpaired) electrons. The van der Waals surface area contributed by atoms with Gasteiger partial charge in [0.2, 0.25) is 5.95 Å². The Morgan fingerprint density at radius 1 is 0.977 bits per heavy atom. The lowest BCUT2D eigenvalue weighted by Gasteiger charge is -2.24. The number of carbonyl (C=O) groups excluding carboxylic acids is 1. The van der Waals surface area contributed by atoms with Crippen LogP contribution in [0.3, 0.4) is 0 Å². The predicted molar refractivity (Wildman–Crippen MR) is 169 cm³/mol. The van der Waals surface area contributed by atoms with Gasteiger partial charge < -0.3 is 29.6 Å². The van der Waals surface area contributed by atoms with Crippen LogP contribution in [-0.2, 0) is 0 Å². The number of nitrogens with zero attached hydrogens (tertiary/aromatic N) is 3. The molecule has 0 aliphatic rings. The molecule has 0 atom stereocenters. The van der Waals surface area contributed by atoms with Crippen molar-refractivity contribution in [3.8, 4) is 23.0 Å². The summed E-state index contributed by atoms with van der Waals surface area (Å²) in [5, 5.41) is 6.88. The maximum atomic E-state index is 13.8. The molecule has 43 heavy (non-hydrogen) atoms. The molecular weight excluding hydrogens is 570 g/mol. The van der Waals surface area contributed by atoms with Gasteiger partial charge >= 0.3 is 6.09 Å². The summed E-state index contributed by atoms with van der Waals surface area (Å²) in [6, 6.07) is 18.1. The molecular formula is C32H36ClN5O5. The lowest BCUT2D eigenvalue weighted by molar-refractivity contribution is 0.209. The molecule has 4 rings (SSSR count). The van der Waals surface area contributed by atoms with Crippen molar-refractivity contribution in [3.05, 3.63) is 83.0 Å². The number of aryl methyl sites for hydroxylation is 2. The second-order valence-electron chi connectivity index (χ2n) is 9.93. The monoisotopic (exact) mass is 605 g/mol. The van der Waals surface area contributed by atoms with Crippen LogP contribution in [0.15, 0.2) is 66.9 Å². The van der Waals surface area contributed by atoms with Crippen LogP contribution < -0.4 is 34.5 Å². The van der Waals surface area contributed by atoms with Gasteiger partial charge in [-0.3, -0.25) is 0 Å². The van der Waals surface area contributed by atoms with E-state index < -0.39 is 6.09 Å². The average molecular weight is 606 g/mol. The van der Waals surface area contributed by atoms with Crippen molar-refractivity contribution in [1.29, 1.82) is 0 Å². The van der Waals surface area contributed by atoms with Crippen LogP contribution in [0.25, 0.3) is 0 Å². The Morgan fingerprint density at radius 2 is 1.74 bits per heavy atom. The van der Waals surface area contributed by atoms with Crippen LogP contribution in [0.1, 0.15) is 25.0 Å². The molecule has 0 fully saturated rings. The molecule has 0 saturated heterocycles. The highest BCUT2D eigenvalue weighted by Gasteiger charge is 2.27. The molecule has 0 spiro atoms. The van der Waals surface area contributed by atoms with E-state index in [0.717, 1.165) is 11.1 Å². The van der Waals surface area contributed by atoms with Gasteiger partial charge in [0, 0.05) is 36.6 Å². The summed E-state index contributed by atoms with van der Waals surface area (Å²) in [5.41, 5.74) is 2.68. The molecule has 0 aliphatic heterocycles. The fourth-order valence-electron chi connectivity index (χ4n) is 4.25. The number of carbonyl (C=O) groups is 1. The maximum absolute atomic E-state index is 13.8. The molecule has 0 bridgehead atoms. The largest absolute Gasteiger partial charge is 0.497 e. The highest BCUT2D eigenvalue weighted by molar-refractivity contribution is 6.32. The Kier molecular flexibility index (Phi) is 10.6. The van der Waals surface area contributed by atoms with Gasteiger partial charge in [-0.15, -0.1) is 0 Å². The average Bonchev–Trinajstić information content (AvgIpc) is 2.98. The number of aromatic nitrogens is 2. The summed E-state index contributed by atoms with van der Waals surface area (Å²) in [6.07, 6.45) is 0.864. The fourth-order valence-corrected chi connectivity index (χ4v) is 4.48. The van der Waals surface area contributed by atoms with Crippen LogP contribution in [0.2, 0.25) is 5.02 Å². The third-order valence-corrected chi connectivity index (χ3v) is 6.67. The highest BCUT2D eigenvalue weighted by atomic mass is 35.5. The lowest BCUT2D eigenvalue weighted by Crippen LogP contribution is -2.31. The van der Waals surface area contributed by atoms with E-state index in [-0.39, 0.29) is 11.8 Å². The number of para-hydroxylation sites is 1. The number of methoxy groups -OCH3 is 2. The standard InChI is InChI=1S/C32H36ClN5O5/c1-20(2)34-16-17-42-27-13-10-23(18-25(27)33)36-31-35-15-14-29(37-31)38(26-12-11-24(40-5)19-28(26)41-6)32(39)43-30-21(3)8-7-9-22(30)4/h7-15,18-20,34H,16-17H2,1-6H3,(H,35,36,37). The Bertz CT molecular complexity index is 1550. The first-order valence-electron chi connectivity index (χ1n) is 13.8. The van der Waals surface area contributed by atoms with E-state index >= 15 is 0 Å². The van der Waals surface area contributed by atoms with Gasteiger partial charge in [-0.2, -0.15) is 4.98 Å².